The van der Waals surface area contributed by atoms with Crippen LogP contribution in [-0.4, -0.2) is 19.0 Å². The molecule has 2 aliphatic heterocycles. The number of rotatable bonds is 2. The van der Waals surface area contributed by atoms with E-state index in [2.05, 4.69) is 0 Å². The van der Waals surface area contributed by atoms with Gasteiger partial charge in [0.15, 0.2) is 5.78 Å². The monoisotopic (exact) mass is 233 g/mol. The molecule has 0 unspecified atom stereocenters. The Morgan fingerprint density at radius 1 is 1.18 bits per heavy atom. The van der Waals surface area contributed by atoms with E-state index in [0.29, 0.717) is 25.3 Å². The molecule has 0 aliphatic carbocycles. The molecule has 2 heterocycles. The van der Waals surface area contributed by atoms with Crippen LogP contribution in [0, 0.1) is 0 Å². The normalized spacial score (nSPS) is 16.1. The van der Waals surface area contributed by atoms with Crippen LogP contribution in [0.15, 0.2) is 0 Å². The van der Waals surface area contributed by atoms with Gasteiger partial charge in [-0.2, -0.15) is 0 Å². The zero-order valence-electron chi connectivity index (χ0n) is 9.84. The zero-order valence-corrected chi connectivity index (χ0v) is 9.84. The van der Waals surface area contributed by atoms with Crippen LogP contribution in [-0.2, 0) is 19.4 Å². The van der Waals surface area contributed by atoms with Crippen molar-refractivity contribution in [3.8, 4) is 11.5 Å². The van der Waals surface area contributed by atoms with Crippen LogP contribution in [0.5, 0.6) is 11.5 Å². The summed E-state index contributed by atoms with van der Waals surface area (Å²) in [6, 6.07) is 0. The number of Topliss-reactive ketones (excluding diaryl/α,β-unsaturated/α-hetero) is 1. The summed E-state index contributed by atoms with van der Waals surface area (Å²) in [5.41, 5.74) is 9.59. The molecule has 0 saturated carbocycles. The highest BCUT2D eigenvalue weighted by atomic mass is 16.5. The van der Waals surface area contributed by atoms with Crippen LogP contribution in [0.3, 0.4) is 0 Å². The molecule has 0 spiro atoms. The molecule has 0 radical (unpaired) electrons. The summed E-state index contributed by atoms with van der Waals surface area (Å²) in [6.07, 6.45) is 1.59. The third-order valence-corrected chi connectivity index (χ3v) is 3.47. The molecular weight excluding hydrogens is 218 g/mol. The van der Waals surface area contributed by atoms with Gasteiger partial charge in [0.25, 0.3) is 0 Å². The zero-order chi connectivity index (χ0) is 12.0. The molecular formula is C13H15NO3. The van der Waals surface area contributed by atoms with E-state index in [1.807, 2.05) is 0 Å². The van der Waals surface area contributed by atoms with Gasteiger partial charge in [0.1, 0.15) is 11.5 Å². The molecule has 0 atom stereocenters. The Kier molecular flexibility index (Phi) is 2.33. The summed E-state index contributed by atoms with van der Waals surface area (Å²) in [5.74, 6) is 1.64. The van der Waals surface area contributed by atoms with Crippen molar-refractivity contribution in [1.29, 1.82) is 0 Å². The van der Waals surface area contributed by atoms with Gasteiger partial charge in [-0.25, -0.2) is 0 Å². The first-order chi connectivity index (χ1) is 8.24. The fourth-order valence-electron chi connectivity index (χ4n) is 2.79. The maximum atomic E-state index is 11.8. The number of carbonyl (C=O) groups excluding carboxylic acids is 1. The molecule has 17 heavy (non-hydrogen) atoms. The van der Waals surface area contributed by atoms with E-state index in [4.69, 9.17) is 15.2 Å². The summed E-state index contributed by atoms with van der Waals surface area (Å²) in [5, 5.41) is 0. The molecule has 1 aromatic rings. The Morgan fingerprint density at radius 3 is 2.47 bits per heavy atom. The van der Waals surface area contributed by atoms with Gasteiger partial charge in [0, 0.05) is 36.1 Å². The van der Waals surface area contributed by atoms with Gasteiger partial charge in [0.05, 0.1) is 18.8 Å². The first kappa shape index (κ1) is 10.6. The van der Waals surface area contributed by atoms with Crippen molar-refractivity contribution in [2.45, 2.75) is 26.3 Å². The van der Waals surface area contributed by atoms with Crippen LogP contribution < -0.4 is 15.2 Å². The second-order valence-corrected chi connectivity index (χ2v) is 4.43. The third-order valence-electron chi connectivity index (χ3n) is 3.47. The lowest BCUT2D eigenvalue weighted by Gasteiger charge is -2.14. The van der Waals surface area contributed by atoms with E-state index in [1.165, 1.54) is 0 Å². The Bertz CT molecular complexity index is 473. The largest absolute Gasteiger partial charge is 0.493 e. The predicted molar refractivity (Wildman–Crippen MR) is 62.7 cm³/mol. The first-order valence-corrected chi connectivity index (χ1v) is 5.91. The Balaban J connectivity index is 2.34. The van der Waals surface area contributed by atoms with Crippen molar-refractivity contribution >= 4 is 5.78 Å². The molecule has 0 amide bonds. The van der Waals surface area contributed by atoms with Crippen LogP contribution in [0.2, 0.25) is 0 Å². The van der Waals surface area contributed by atoms with Gasteiger partial charge in [0.2, 0.25) is 0 Å². The number of fused-ring (bicyclic) bond motifs is 2. The Labute approximate surface area is 99.7 Å². The van der Waals surface area contributed by atoms with Crippen molar-refractivity contribution in [3.05, 3.63) is 22.3 Å². The lowest BCUT2D eigenvalue weighted by Crippen LogP contribution is -2.07. The first-order valence-electron chi connectivity index (χ1n) is 5.91. The number of ether oxygens (including phenoxy) is 2. The number of hydrogen-bond acceptors (Lipinski definition) is 4. The molecule has 0 aromatic heterocycles. The maximum Gasteiger partial charge on any atom is 0.163 e. The standard InChI is InChI=1S/C13H15NO3/c1-7(15)11-9-3-5-16-12(9)10(6-14)8-2-4-17-13(8)11/h2-6,14H2,1H3. The molecule has 4 heteroatoms. The molecule has 4 nitrogen and oxygen atoms in total. The highest BCUT2D eigenvalue weighted by molar-refractivity contribution is 6.00. The minimum Gasteiger partial charge on any atom is -0.493 e. The minimum atomic E-state index is 0.0495. The van der Waals surface area contributed by atoms with Crippen molar-refractivity contribution in [3.63, 3.8) is 0 Å². The van der Waals surface area contributed by atoms with E-state index in [-0.39, 0.29) is 5.78 Å². The highest BCUT2D eigenvalue weighted by Gasteiger charge is 2.32. The van der Waals surface area contributed by atoms with Crippen molar-refractivity contribution < 1.29 is 14.3 Å². The molecule has 3 rings (SSSR count). The van der Waals surface area contributed by atoms with Crippen LogP contribution in [0.1, 0.15) is 34.0 Å². The summed E-state index contributed by atoms with van der Waals surface area (Å²) in [7, 11) is 0. The molecule has 1 aromatic carbocycles. The minimum absolute atomic E-state index is 0.0495. The topological polar surface area (TPSA) is 61.6 Å². The average Bonchev–Trinajstić information content (AvgIpc) is 2.92. The summed E-state index contributed by atoms with van der Waals surface area (Å²) >= 11 is 0. The third kappa shape index (κ3) is 1.37. The van der Waals surface area contributed by atoms with E-state index in [9.17, 15) is 4.79 Å². The smallest absolute Gasteiger partial charge is 0.163 e. The number of hydrogen-bond donors (Lipinski definition) is 1. The van der Waals surface area contributed by atoms with E-state index in [0.717, 1.165) is 41.0 Å². The lowest BCUT2D eigenvalue weighted by atomic mass is 9.92. The molecule has 0 saturated heterocycles. The van der Waals surface area contributed by atoms with Gasteiger partial charge in [-0.3, -0.25) is 4.79 Å². The fourth-order valence-corrected chi connectivity index (χ4v) is 2.79. The van der Waals surface area contributed by atoms with Crippen molar-refractivity contribution in [1.82, 2.24) is 0 Å². The van der Waals surface area contributed by atoms with Gasteiger partial charge < -0.3 is 15.2 Å². The quantitative estimate of drug-likeness (QED) is 0.780. The van der Waals surface area contributed by atoms with Gasteiger partial charge >= 0.3 is 0 Å². The van der Waals surface area contributed by atoms with Crippen molar-refractivity contribution in [2.24, 2.45) is 5.73 Å². The summed E-state index contributed by atoms with van der Waals surface area (Å²) in [6.45, 7) is 3.28. The number of carbonyl (C=O) groups is 1. The van der Waals surface area contributed by atoms with Gasteiger partial charge in [-0.05, 0) is 6.92 Å². The average molecular weight is 233 g/mol. The molecule has 0 bridgehead atoms. The molecule has 2 aliphatic rings. The number of nitrogens with two attached hydrogens (primary N) is 1. The van der Waals surface area contributed by atoms with Crippen LogP contribution >= 0.6 is 0 Å². The van der Waals surface area contributed by atoms with Crippen LogP contribution in [0.4, 0.5) is 0 Å². The number of benzene rings is 1. The van der Waals surface area contributed by atoms with Gasteiger partial charge in [-0.1, -0.05) is 0 Å². The number of ketones is 1. The van der Waals surface area contributed by atoms with E-state index < -0.39 is 0 Å². The summed E-state index contributed by atoms with van der Waals surface area (Å²) < 4.78 is 11.3. The maximum absolute atomic E-state index is 11.8. The summed E-state index contributed by atoms with van der Waals surface area (Å²) in [4.78, 5) is 11.8. The fraction of sp³-hybridized carbons (Fsp3) is 0.462. The molecule has 2 N–H and O–H groups in total. The SMILES string of the molecule is CC(=O)c1c2c(c(CN)c3c1OCC3)OCC2. The predicted octanol–water partition coefficient (Wildman–Crippen LogP) is 1.22. The van der Waals surface area contributed by atoms with Gasteiger partial charge in [-0.15, -0.1) is 0 Å². The molecule has 90 valence electrons. The lowest BCUT2D eigenvalue weighted by molar-refractivity contribution is 0.101. The molecule has 0 fully saturated rings. The Hall–Kier alpha value is -1.55. The van der Waals surface area contributed by atoms with Crippen LogP contribution in [0.25, 0.3) is 0 Å². The van der Waals surface area contributed by atoms with E-state index in [1.54, 1.807) is 6.92 Å². The second-order valence-electron chi connectivity index (χ2n) is 4.43. The van der Waals surface area contributed by atoms with E-state index >= 15 is 0 Å². The Morgan fingerprint density at radius 2 is 1.82 bits per heavy atom. The highest BCUT2D eigenvalue weighted by Crippen LogP contribution is 2.44. The second kappa shape index (κ2) is 3.74. The van der Waals surface area contributed by atoms with Crippen molar-refractivity contribution in [2.75, 3.05) is 13.2 Å².